The van der Waals surface area contributed by atoms with Gasteiger partial charge < -0.3 is 20.1 Å². The molecule has 1 aromatic heterocycles. The Kier molecular flexibility index (Phi) is 4.54. The molecule has 4 rings (SSSR count). The zero-order valence-electron chi connectivity index (χ0n) is 14.6. The van der Waals surface area contributed by atoms with E-state index in [1.54, 1.807) is 6.20 Å². The maximum atomic E-state index is 12.8. The second-order valence-corrected chi connectivity index (χ2v) is 6.69. The summed E-state index contributed by atoms with van der Waals surface area (Å²) < 4.78 is 5.59. The fraction of sp³-hybridized carbons (Fsp3) is 0.238. The molecule has 3 aromatic rings. The SMILES string of the molecule is O=C(O)[C@H](Cc1c[nH]c2ccccc12)NC(=O)[C@H]1CCOc2ccccc21. The van der Waals surface area contributed by atoms with Crippen molar-refractivity contribution in [2.45, 2.75) is 24.8 Å². The quantitative estimate of drug-likeness (QED) is 0.649. The molecule has 0 saturated heterocycles. The smallest absolute Gasteiger partial charge is 0.326 e. The number of hydrogen-bond donors (Lipinski definition) is 3. The highest BCUT2D eigenvalue weighted by atomic mass is 16.5. The molecule has 2 atom stereocenters. The van der Waals surface area contributed by atoms with E-state index >= 15 is 0 Å². The van der Waals surface area contributed by atoms with Crippen molar-refractivity contribution < 1.29 is 19.4 Å². The number of rotatable bonds is 5. The topological polar surface area (TPSA) is 91.4 Å². The Labute approximate surface area is 156 Å². The molecule has 6 heteroatoms. The van der Waals surface area contributed by atoms with E-state index in [1.807, 2.05) is 48.5 Å². The number of fused-ring (bicyclic) bond motifs is 2. The number of aromatic nitrogens is 1. The molecule has 0 saturated carbocycles. The number of nitrogens with one attached hydrogen (secondary N) is 2. The van der Waals surface area contributed by atoms with E-state index in [-0.39, 0.29) is 12.3 Å². The van der Waals surface area contributed by atoms with Crippen molar-refractivity contribution in [3.8, 4) is 5.75 Å². The van der Waals surface area contributed by atoms with Gasteiger partial charge in [-0.3, -0.25) is 4.79 Å². The fourth-order valence-electron chi connectivity index (χ4n) is 3.61. The Morgan fingerprint density at radius 3 is 2.81 bits per heavy atom. The van der Waals surface area contributed by atoms with Crippen molar-refractivity contribution in [1.82, 2.24) is 10.3 Å². The van der Waals surface area contributed by atoms with Crippen LogP contribution in [-0.2, 0) is 16.0 Å². The minimum atomic E-state index is -1.05. The number of H-pyrrole nitrogens is 1. The van der Waals surface area contributed by atoms with Gasteiger partial charge in [0.15, 0.2) is 0 Å². The van der Waals surface area contributed by atoms with E-state index in [1.165, 1.54) is 0 Å². The summed E-state index contributed by atoms with van der Waals surface area (Å²) in [6.07, 6.45) is 2.55. The second-order valence-electron chi connectivity index (χ2n) is 6.69. The number of hydrogen-bond acceptors (Lipinski definition) is 3. The number of carboxylic acids is 1. The third kappa shape index (κ3) is 3.38. The molecular weight excluding hydrogens is 344 g/mol. The van der Waals surface area contributed by atoms with Crippen LogP contribution in [0.5, 0.6) is 5.75 Å². The van der Waals surface area contributed by atoms with Gasteiger partial charge in [0.2, 0.25) is 5.91 Å². The molecule has 0 fully saturated rings. The maximum absolute atomic E-state index is 12.8. The summed E-state index contributed by atoms with van der Waals surface area (Å²) in [5.41, 5.74) is 2.62. The first-order chi connectivity index (χ1) is 13.1. The van der Waals surface area contributed by atoms with Gasteiger partial charge in [-0.15, -0.1) is 0 Å². The largest absolute Gasteiger partial charge is 0.493 e. The molecule has 1 aliphatic rings. The summed E-state index contributed by atoms with van der Waals surface area (Å²) in [4.78, 5) is 27.7. The average molecular weight is 364 g/mol. The Bertz CT molecular complexity index is 995. The number of carboxylic acid groups (broad SMARTS) is 1. The van der Waals surface area contributed by atoms with E-state index in [9.17, 15) is 14.7 Å². The predicted octanol–water partition coefficient (Wildman–Crippen LogP) is 2.85. The van der Waals surface area contributed by atoms with Crippen LogP contribution in [0, 0.1) is 0 Å². The lowest BCUT2D eigenvalue weighted by molar-refractivity contribution is -0.142. The maximum Gasteiger partial charge on any atom is 0.326 e. The van der Waals surface area contributed by atoms with E-state index in [2.05, 4.69) is 10.3 Å². The van der Waals surface area contributed by atoms with Gasteiger partial charge in [0.25, 0.3) is 0 Å². The van der Waals surface area contributed by atoms with Crippen LogP contribution in [-0.4, -0.2) is 34.6 Å². The van der Waals surface area contributed by atoms with Crippen LogP contribution in [0.1, 0.15) is 23.5 Å². The lowest BCUT2D eigenvalue weighted by atomic mass is 9.92. The molecule has 2 aromatic carbocycles. The molecule has 6 nitrogen and oxygen atoms in total. The third-order valence-corrected chi connectivity index (χ3v) is 4.99. The Morgan fingerprint density at radius 1 is 1.19 bits per heavy atom. The van der Waals surface area contributed by atoms with Gasteiger partial charge in [-0.2, -0.15) is 0 Å². The number of ether oxygens (including phenoxy) is 1. The second kappa shape index (κ2) is 7.15. The molecule has 3 N–H and O–H groups in total. The molecule has 27 heavy (non-hydrogen) atoms. The first-order valence-corrected chi connectivity index (χ1v) is 8.93. The number of benzene rings is 2. The number of aromatic amines is 1. The highest BCUT2D eigenvalue weighted by Gasteiger charge is 2.30. The molecule has 2 heterocycles. The summed E-state index contributed by atoms with van der Waals surface area (Å²) in [7, 11) is 0. The molecule has 138 valence electrons. The zero-order valence-corrected chi connectivity index (χ0v) is 14.6. The minimum absolute atomic E-state index is 0.218. The van der Waals surface area contributed by atoms with Crippen LogP contribution >= 0.6 is 0 Å². The van der Waals surface area contributed by atoms with Gasteiger partial charge >= 0.3 is 5.97 Å². The lowest BCUT2D eigenvalue weighted by Gasteiger charge is -2.26. The van der Waals surface area contributed by atoms with Crippen LogP contribution in [0.15, 0.2) is 54.7 Å². The third-order valence-electron chi connectivity index (χ3n) is 4.99. The molecular formula is C21H20N2O4. The number of aliphatic carboxylic acids is 1. The van der Waals surface area contributed by atoms with E-state index in [4.69, 9.17) is 4.74 Å². The van der Waals surface area contributed by atoms with Crippen molar-refractivity contribution in [3.63, 3.8) is 0 Å². The first-order valence-electron chi connectivity index (χ1n) is 8.93. The zero-order chi connectivity index (χ0) is 18.8. The summed E-state index contributed by atoms with van der Waals surface area (Å²) >= 11 is 0. The van der Waals surface area contributed by atoms with Gasteiger partial charge in [-0.05, 0) is 24.1 Å². The molecule has 0 aliphatic carbocycles. The Hall–Kier alpha value is -3.28. The normalized spacial score (nSPS) is 17.0. The lowest BCUT2D eigenvalue weighted by Crippen LogP contribution is -2.45. The molecule has 1 amide bonds. The summed E-state index contributed by atoms with van der Waals surface area (Å²) in [5, 5.41) is 13.3. The van der Waals surface area contributed by atoms with Crippen molar-refractivity contribution in [2.75, 3.05) is 6.61 Å². The van der Waals surface area contributed by atoms with Crippen molar-refractivity contribution in [3.05, 3.63) is 65.9 Å². The molecule has 1 aliphatic heterocycles. The fourth-order valence-corrected chi connectivity index (χ4v) is 3.61. The number of para-hydroxylation sites is 2. The average Bonchev–Trinajstić information content (AvgIpc) is 3.10. The molecule has 0 bridgehead atoms. The Morgan fingerprint density at radius 2 is 1.96 bits per heavy atom. The molecule has 0 unspecified atom stereocenters. The van der Waals surface area contributed by atoms with Crippen LogP contribution in [0.2, 0.25) is 0 Å². The summed E-state index contributed by atoms with van der Waals surface area (Å²) in [6.45, 7) is 0.440. The number of amides is 1. The van der Waals surface area contributed by atoms with E-state index < -0.39 is 17.9 Å². The number of carbonyl (C=O) groups excluding carboxylic acids is 1. The number of carbonyl (C=O) groups is 2. The molecule has 0 spiro atoms. The molecule has 0 radical (unpaired) electrons. The van der Waals surface area contributed by atoms with Gasteiger partial charge in [0, 0.05) is 29.1 Å². The van der Waals surface area contributed by atoms with Gasteiger partial charge in [0.1, 0.15) is 11.8 Å². The van der Waals surface area contributed by atoms with Crippen LogP contribution in [0.4, 0.5) is 0 Å². The van der Waals surface area contributed by atoms with E-state index in [0.717, 1.165) is 22.0 Å². The highest BCUT2D eigenvalue weighted by molar-refractivity contribution is 5.90. The highest BCUT2D eigenvalue weighted by Crippen LogP contribution is 2.33. The first kappa shape index (κ1) is 17.1. The summed E-state index contributed by atoms with van der Waals surface area (Å²) in [5.74, 6) is -1.04. The Balaban J connectivity index is 1.54. The van der Waals surface area contributed by atoms with Crippen molar-refractivity contribution >= 4 is 22.8 Å². The standard InChI is InChI=1S/C21H20N2O4/c24-20(16-9-10-27-19-8-4-2-6-15(16)19)23-18(21(25)26)11-13-12-22-17-7-3-1-5-14(13)17/h1-8,12,16,18,22H,9-11H2,(H,23,24)(H,25,26)/t16-,18-/m0/s1. The van der Waals surface area contributed by atoms with Crippen molar-refractivity contribution in [1.29, 1.82) is 0 Å². The van der Waals surface area contributed by atoms with Gasteiger partial charge in [-0.1, -0.05) is 36.4 Å². The van der Waals surface area contributed by atoms with Gasteiger partial charge in [-0.25, -0.2) is 4.79 Å². The van der Waals surface area contributed by atoms with Crippen LogP contribution < -0.4 is 10.1 Å². The minimum Gasteiger partial charge on any atom is -0.493 e. The van der Waals surface area contributed by atoms with Gasteiger partial charge in [0.05, 0.1) is 12.5 Å². The van der Waals surface area contributed by atoms with Crippen LogP contribution in [0.25, 0.3) is 10.9 Å². The monoisotopic (exact) mass is 364 g/mol. The van der Waals surface area contributed by atoms with E-state index in [0.29, 0.717) is 18.8 Å². The predicted molar refractivity (Wildman–Crippen MR) is 101 cm³/mol. The van der Waals surface area contributed by atoms with Crippen molar-refractivity contribution in [2.24, 2.45) is 0 Å². The summed E-state index contributed by atoms with van der Waals surface area (Å²) in [6, 6.07) is 14.1. The van der Waals surface area contributed by atoms with Crippen LogP contribution in [0.3, 0.4) is 0 Å².